The minimum absolute atomic E-state index is 0.132. The van der Waals surface area contributed by atoms with Gasteiger partial charge in [0, 0.05) is 53.9 Å². The third-order valence-electron chi connectivity index (χ3n) is 5.82. The van der Waals surface area contributed by atoms with Crippen LogP contribution in [0.4, 0.5) is 10.5 Å². The van der Waals surface area contributed by atoms with Gasteiger partial charge in [-0.05, 0) is 41.7 Å². The van der Waals surface area contributed by atoms with Gasteiger partial charge in [0.1, 0.15) is 0 Å². The van der Waals surface area contributed by atoms with Crippen LogP contribution in [0.3, 0.4) is 0 Å². The van der Waals surface area contributed by atoms with E-state index in [9.17, 15) is 4.79 Å². The fourth-order valence-corrected chi connectivity index (χ4v) is 4.47. The molecule has 2 atom stereocenters. The molecule has 5 nitrogen and oxygen atoms in total. The second-order valence-corrected chi connectivity index (χ2v) is 8.11. The van der Waals surface area contributed by atoms with Gasteiger partial charge in [0.15, 0.2) is 0 Å². The van der Waals surface area contributed by atoms with Gasteiger partial charge in [0.2, 0.25) is 0 Å². The van der Waals surface area contributed by atoms with Crippen molar-refractivity contribution in [1.82, 2.24) is 15.2 Å². The largest absolute Gasteiger partial charge is 0.334 e. The molecule has 28 heavy (non-hydrogen) atoms. The molecule has 2 aromatic carbocycles. The molecule has 0 bridgehead atoms. The average Bonchev–Trinajstić information content (AvgIpc) is 3.13. The fraction of sp³-hybridized carbons (Fsp3) is 0.273. The Bertz CT molecular complexity index is 1010. The van der Waals surface area contributed by atoms with E-state index in [0.29, 0.717) is 11.8 Å². The molecule has 6 heteroatoms. The van der Waals surface area contributed by atoms with E-state index in [1.54, 1.807) is 12.4 Å². The minimum Gasteiger partial charge on any atom is -0.334 e. The van der Waals surface area contributed by atoms with Crippen molar-refractivity contribution >= 4 is 34.1 Å². The molecular formula is C22H21ClN4O. The summed E-state index contributed by atoms with van der Waals surface area (Å²) >= 11 is 5.95. The monoisotopic (exact) mass is 392 g/mol. The highest BCUT2D eigenvalue weighted by Crippen LogP contribution is 2.45. The molecule has 1 saturated heterocycles. The molecule has 2 N–H and O–H groups in total. The number of aromatic nitrogens is 1. The first-order valence-electron chi connectivity index (χ1n) is 9.54. The van der Waals surface area contributed by atoms with Crippen LogP contribution in [0.2, 0.25) is 5.02 Å². The second-order valence-electron chi connectivity index (χ2n) is 7.67. The molecule has 1 aliphatic carbocycles. The highest BCUT2D eigenvalue weighted by atomic mass is 35.5. The van der Waals surface area contributed by atoms with E-state index < -0.39 is 0 Å². The van der Waals surface area contributed by atoms with E-state index >= 15 is 0 Å². The number of likely N-dealkylation sites (tertiary alicyclic amines) is 1. The normalized spacial score (nSPS) is 23.4. The van der Waals surface area contributed by atoms with E-state index in [-0.39, 0.29) is 12.1 Å². The molecular weight excluding hydrogens is 372 g/mol. The summed E-state index contributed by atoms with van der Waals surface area (Å²) in [6.45, 7) is 2.99. The summed E-state index contributed by atoms with van der Waals surface area (Å²) in [7, 11) is 0. The molecule has 1 aliphatic heterocycles. The summed E-state index contributed by atoms with van der Waals surface area (Å²) in [5.74, 6) is 1.10. The predicted molar refractivity (Wildman–Crippen MR) is 111 cm³/mol. The highest BCUT2D eigenvalue weighted by molar-refractivity contribution is 6.30. The maximum atomic E-state index is 12.5. The Labute approximate surface area is 168 Å². The first kappa shape index (κ1) is 17.5. The van der Waals surface area contributed by atoms with Crippen LogP contribution in [0.15, 0.2) is 60.9 Å². The third kappa shape index (κ3) is 3.43. The summed E-state index contributed by atoms with van der Waals surface area (Å²) < 4.78 is 0. The van der Waals surface area contributed by atoms with Crippen LogP contribution in [-0.4, -0.2) is 35.0 Å². The Morgan fingerprint density at radius 3 is 2.68 bits per heavy atom. The van der Waals surface area contributed by atoms with Crippen molar-refractivity contribution in [2.45, 2.75) is 12.6 Å². The number of pyridine rings is 1. The van der Waals surface area contributed by atoms with Gasteiger partial charge in [-0.25, -0.2) is 4.79 Å². The summed E-state index contributed by atoms with van der Waals surface area (Å²) in [5.41, 5.74) is 2.09. The van der Waals surface area contributed by atoms with Crippen molar-refractivity contribution < 1.29 is 4.79 Å². The molecule has 2 amide bonds. The second kappa shape index (κ2) is 7.08. The number of piperidine rings is 1. The lowest BCUT2D eigenvalue weighted by Gasteiger charge is -2.20. The summed E-state index contributed by atoms with van der Waals surface area (Å²) in [6.07, 6.45) is 3.55. The van der Waals surface area contributed by atoms with Crippen LogP contribution >= 0.6 is 11.6 Å². The molecule has 3 aromatic rings. The number of nitrogens with zero attached hydrogens (tertiary/aromatic N) is 2. The molecule has 142 valence electrons. The number of urea groups is 1. The van der Waals surface area contributed by atoms with Crippen LogP contribution < -0.4 is 10.6 Å². The van der Waals surface area contributed by atoms with E-state index in [2.05, 4.69) is 32.7 Å². The van der Waals surface area contributed by atoms with Gasteiger partial charge in [-0.3, -0.25) is 9.88 Å². The minimum atomic E-state index is -0.132. The highest BCUT2D eigenvalue weighted by Gasteiger charge is 2.56. The topological polar surface area (TPSA) is 57.3 Å². The number of halogens is 1. The van der Waals surface area contributed by atoms with E-state index in [1.165, 1.54) is 5.56 Å². The molecule has 1 saturated carbocycles. The fourth-order valence-electron chi connectivity index (χ4n) is 4.35. The number of fused-ring (bicyclic) bond motifs is 2. The van der Waals surface area contributed by atoms with Gasteiger partial charge in [-0.15, -0.1) is 0 Å². The van der Waals surface area contributed by atoms with Crippen molar-refractivity contribution in [3.8, 4) is 0 Å². The number of hydrogen-bond donors (Lipinski definition) is 2. The SMILES string of the molecule is O=C(Nc1cccc2cnccc12)NC1C2CN(Cc3ccc(Cl)cc3)CC21. The molecule has 0 spiro atoms. The van der Waals surface area contributed by atoms with Gasteiger partial charge in [0.25, 0.3) is 0 Å². The standard InChI is InChI=1S/C22H21ClN4O/c23-16-6-4-14(5-7-16)11-27-12-18-19(13-27)21(18)26-22(28)25-20-3-1-2-15-10-24-9-8-17(15)20/h1-10,18-19,21H,11-13H2,(H2,25,26,28). The third-order valence-corrected chi connectivity index (χ3v) is 6.07. The average molecular weight is 393 g/mol. The Hall–Kier alpha value is -2.63. The van der Waals surface area contributed by atoms with Gasteiger partial charge in [0.05, 0.1) is 5.69 Å². The number of carbonyl (C=O) groups excluding carboxylic acids is 1. The number of amides is 2. The predicted octanol–water partition coefficient (Wildman–Crippen LogP) is 4.14. The van der Waals surface area contributed by atoms with Crippen LogP contribution in [-0.2, 0) is 6.54 Å². The first-order valence-corrected chi connectivity index (χ1v) is 9.92. The number of nitrogens with one attached hydrogen (secondary N) is 2. The van der Waals surface area contributed by atoms with Crippen LogP contribution in [0.5, 0.6) is 0 Å². The lowest BCUT2D eigenvalue weighted by molar-refractivity contribution is 0.245. The van der Waals surface area contributed by atoms with E-state index in [0.717, 1.165) is 41.1 Å². The number of rotatable bonds is 4. The summed E-state index contributed by atoms with van der Waals surface area (Å²) in [5, 5.41) is 8.93. The molecule has 2 fully saturated rings. The molecule has 2 unspecified atom stereocenters. The Kier molecular flexibility index (Phi) is 4.41. The Morgan fingerprint density at radius 2 is 1.89 bits per heavy atom. The summed E-state index contributed by atoms with van der Waals surface area (Å²) in [4.78, 5) is 19.1. The maximum absolute atomic E-state index is 12.5. The lowest BCUT2D eigenvalue weighted by atomic mass is 10.1. The Balaban J connectivity index is 1.15. The molecule has 5 rings (SSSR count). The molecule has 2 heterocycles. The summed E-state index contributed by atoms with van der Waals surface area (Å²) in [6, 6.07) is 15.9. The van der Waals surface area contributed by atoms with Crippen LogP contribution in [0.25, 0.3) is 10.8 Å². The van der Waals surface area contributed by atoms with Crippen molar-refractivity contribution in [3.63, 3.8) is 0 Å². The van der Waals surface area contributed by atoms with Crippen molar-refractivity contribution in [2.24, 2.45) is 11.8 Å². The smallest absolute Gasteiger partial charge is 0.319 e. The number of carbonyl (C=O) groups is 1. The zero-order chi connectivity index (χ0) is 19.1. The number of anilines is 1. The van der Waals surface area contributed by atoms with E-state index in [4.69, 9.17) is 11.6 Å². The Morgan fingerprint density at radius 1 is 1.11 bits per heavy atom. The van der Waals surface area contributed by atoms with Gasteiger partial charge < -0.3 is 10.6 Å². The van der Waals surface area contributed by atoms with Gasteiger partial charge in [-0.1, -0.05) is 35.9 Å². The first-order chi connectivity index (χ1) is 13.7. The quantitative estimate of drug-likeness (QED) is 0.701. The van der Waals surface area contributed by atoms with Crippen molar-refractivity contribution in [1.29, 1.82) is 0 Å². The maximum Gasteiger partial charge on any atom is 0.319 e. The van der Waals surface area contributed by atoms with Gasteiger partial charge >= 0.3 is 6.03 Å². The number of hydrogen-bond acceptors (Lipinski definition) is 3. The van der Waals surface area contributed by atoms with Crippen LogP contribution in [0, 0.1) is 11.8 Å². The number of benzene rings is 2. The van der Waals surface area contributed by atoms with Crippen molar-refractivity contribution in [3.05, 3.63) is 71.5 Å². The molecule has 1 aromatic heterocycles. The van der Waals surface area contributed by atoms with Crippen molar-refractivity contribution in [2.75, 3.05) is 18.4 Å². The zero-order valence-corrected chi connectivity index (χ0v) is 16.1. The zero-order valence-electron chi connectivity index (χ0n) is 15.3. The lowest BCUT2D eigenvalue weighted by Crippen LogP contribution is -2.36. The molecule has 2 aliphatic rings. The van der Waals surface area contributed by atoms with Crippen LogP contribution in [0.1, 0.15) is 5.56 Å². The molecule has 0 radical (unpaired) electrons. The van der Waals surface area contributed by atoms with E-state index in [1.807, 2.05) is 36.4 Å². The van der Waals surface area contributed by atoms with Gasteiger partial charge in [-0.2, -0.15) is 0 Å².